The number of hydrogen-bond acceptors (Lipinski definition) is 3. The smallest absolute Gasteiger partial charge is 0.172 e. The average molecular weight is 243 g/mol. The average Bonchev–Trinajstić information content (AvgIpc) is 2.82. The number of aldehydes is 1. The first-order valence-corrected chi connectivity index (χ1v) is 6.29. The van der Waals surface area contributed by atoms with Crippen molar-refractivity contribution >= 4 is 6.29 Å². The quantitative estimate of drug-likeness (QED) is 0.758. The molecule has 1 heterocycles. The van der Waals surface area contributed by atoms with Crippen LogP contribution in [-0.4, -0.2) is 21.3 Å². The lowest BCUT2D eigenvalue weighted by molar-refractivity contribution is 0.111. The molecular weight excluding hydrogens is 226 g/mol. The standard InChI is InChI=1S/C14H17N3O/c1-3-7-14-12(10-18)15-16-17(14)13-9-6-5-8-11(13)4-2/h5-6,8-10H,3-4,7H2,1-2H3. The van der Waals surface area contributed by atoms with Crippen molar-refractivity contribution < 1.29 is 4.79 Å². The van der Waals surface area contributed by atoms with Crippen LogP contribution in [-0.2, 0) is 12.8 Å². The maximum absolute atomic E-state index is 11.0. The van der Waals surface area contributed by atoms with Crippen molar-refractivity contribution in [3.63, 3.8) is 0 Å². The van der Waals surface area contributed by atoms with Crippen LogP contribution in [0.25, 0.3) is 5.69 Å². The van der Waals surface area contributed by atoms with Gasteiger partial charge in [-0.15, -0.1) is 5.10 Å². The fourth-order valence-electron chi connectivity index (χ4n) is 2.09. The Morgan fingerprint density at radius 3 is 2.72 bits per heavy atom. The zero-order valence-corrected chi connectivity index (χ0v) is 10.8. The maximum Gasteiger partial charge on any atom is 0.172 e. The summed E-state index contributed by atoms with van der Waals surface area (Å²) in [5.74, 6) is 0. The molecule has 0 saturated heterocycles. The Hall–Kier alpha value is -1.97. The number of carbonyl (C=O) groups is 1. The molecule has 0 saturated carbocycles. The molecule has 0 radical (unpaired) electrons. The molecular formula is C14H17N3O. The molecule has 0 amide bonds. The molecule has 2 aromatic rings. The molecule has 1 aromatic carbocycles. The van der Waals surface area contributed by atoms with Crippen LogP contribution >= 0.6 is 0 Å². The first-order valence-electron chi connectivity index (χ1n) is 6.29. The minimum atomic E-state index is 0.447. The van der Waals surface area contributed by atoms with Crippen LogP contribution < -0.4 is 0 Å². The van der Waals surface area contributed by atoms with E-state index in [4.69, 9.17) is 0 Å². The summed E-state index contributed by atoms with van der Waals surface area (Å²) in [6.07, 6.45) is 3.47. The number of benzene rings is 1. The van der Waals surface area contributed by atoms with Gasteiger partial charge < -0.3 is 0 Å². The molecule has 0 bridgehead atoms. The van der Waals surface area contributed by atoms with Gasteiger partial charge in [0.1, 0.15) is 5.69 Å². The lowest BCUT2D eigenvalue weighted by atomic mass is 10.1. The van der Waals surface area contributed by atoms with E-state index in [9.17, 15) is 4.79 Å². The molecule has 94 valence electrons. The van der Waals surface area contributed by atoms with E-state index in [-0.39, 0.29) is 0 Å². The van der Waals surface area contributed by atoms with Gasteiger partial charge in [-0.2, -0.15) is 0 Å². The summed E-state index contributed by atoms with van der Waals surface area (Å²) < 4.78 is 1.80. The highest BCUT2D eigenvalue weighted by atomic mass is 16.1. The van der Waals surface area contributed by atoms with Crippen LogP contribution in [0, 0.1) is 0 Å². The number of para-hydroxylation sites is 1. The highest BCUT2D eigenvalue weighted by Crippen LogP contribution is 2.18. The third kappa shape index (κ3) is 2.18. The molecule has 0 atom stereocenters. The Balaban J connectivity index is 2.56. The number of rotatable bonds is 5. The molecule has 0 spiro atoms. The summed E-state index contributed by atoms with van der Waals surface area (Å²) in [7, 11) is 0. The van der Waals surface area contributed by atoms with Crippen LogP contribution in [0.5, 0.6) is 0 Å². The predicted octanol–water partition coefficient (Wildman–Crippen LogP) is 2.59. The molecule has 0 aliphatic carbocycles. The SMILES string of the molecule is CCCc1c(C=O)nnn1-c1ccccc1CC. The Morgan fingerprint density at radius 1 is 1.28 bits per heavy atom. The second-order valence-electron chi connectivity index (χ2n) is 4.18. The summed E-state index contributed by atoms with van der Waals surface area (Å²) in [5, 5.41) is 8.07. The van der Waals surface area contributed by atoms with Crippen LogP contribution in [0.4, 0.5) is 0 Å². The number of aryl methyl sites for hydroxylation is 1. The van der Waals surface area contributed by atoms with Crippen molar-refractivity contribution in [2.75, 3.05) is 0 Å². The van der Waals surface area contributed by atoms with Crippen molar-refractivity contribution in [1.29, 1.82) is 0 Å². The predicted molar refractivity (Wildman–Crippen MR) is 70.1 cm³/mol. The van der Waals surface area contributed by atoms with Gasteiger partial charge in [0.2, 0.25) is 0 Å². The number of hydrogen-bond donors (Lipinski definition) is 0. The fraction of sp³-hybridized carbons (Fsp3) is 0.357. The minimum absolute atomic E-state index is 0.447. The van der Waals surface area contributed by atoms with Gasteiger partial charge in [0, 0.05) is 0 Å². The normalized spacial score (nSPS) is 10.6. The lowest BCUT2D eigenvalue weighted by Crippen LogP contribution is -2.06. The lowest BCUT2D eigenvalue weighted by Gasteiger charge is -2.10. The van der Waals surface area contributed by atoms with Gasteiger partial charge in [-0.25, -0.2) is 4.68 Å². The topological polar surface area (TPSA) is 47.8 Å². The molecule has 0 N–H and O–H groups in total. The Morgan fingerprint density at radius 2 is 2.06 bits per heavy atom. The fourth-order valence-corrected chi connectivity index (χ4v) is 2.09. The number of carbonyl (C=O) groups excluding carboxylic acids is 1. The molecule has 0 fully saturated rings. The van der Waals surface area contributed by atoms with Crippen molar-refractivity contribution in [2.24, 2.45) is 0 Å². The van der Waals surface area contributed by atoms with Crippen LogP contribution in [0.15, 0.2) is 24.3 Å². The molecule has 0 aliphatic rings. The second-order valence-corrected chi connectivity index (χ2v) is 4.18. The van der Waals surface area contributed by atoms with E-state index in [0.717, 1.165) is 36.9 Å². The van der Waals surface area contributed by atoms with Gasteiger partial charge in [-0.3, -0.25) is 4.79 Å². The van der Waals surface area contributed by atoms with Gasteiger partial charge in [-0.1, -0.05) is 43.7 Å². The van der Waals surface area contributed by atoms with Crippen molar-refractivity contribution in [2.45, 2.75) is 33.1 Å². The second kappa shape index (κ2) is 5.58. The minimum Gasteiger partial charge on any atom is -0.296 e. The van der Waals surface area contributed by atoms with Crippen molar-refractivity contribution in [3.05, 3.63) is 41.2 Å². The van der Waals surface area contributed by atoms with Gasteiger partial charge in [0.15, 0.2) is 6.29 Å². The maximum atomic E-state index is 11.0. The molecule has 4 heteroatoms. The van der Waals surface area contributed by atoms with Gasteiger partial charge in [0.25, 0.3) is 0 Å². The van der Waals surface area contributed by atoms with E-state index in [1.165, 1.54) is 5.56 Å². The zero-order valence-electron chi connectivity index (χ0n) is 10.8. The van der Waals surface area contributed by atoms with Gasteiger partial charge in [0.05, 0.1) is 11.4 Å². The van der Waals surface area contributed by atoms with Crippen LogP contribution in [0.1, 0.15) is 42.0 Å². The van der Waals surface area contributed by atoms with Gasteiger partial charge in [-0.05, 0) is 24.5 Å². The van der Waals surface area contributed by atoms with E-state index in [2.05, 4.69) is 30.2 Å². The largest absolute Gasteiger partial charge is 0.296 e. The third-order valence-corrected chi connectivity index (χ3v) is 2.99. The van der Waals surface area contributed by atoms with E-state index < -0.39 is 0 Å². The molecule has 2 rings (SSSR count). The van der Waals surface area contributed by atoms with E-state index in [1.807, 2.05) is 18.2 Å². The number of nitrogens with zero attached hydrogens (tertiary/aromatic N) is 3. The molecule has 4 nitrogen and oxygen atoms in total. The first-order chi connectivity index (χ1) is 8.81. The summed E-state index contributed by atoms with van der Waals surface area (Å²) in [6, 6.07) is 8.08. The van der Waals surface area contributed by atoms with E-state index >= 15 is 0 Å². The first kappa shape index (κ1) is 12.5. The Bertz CT molecular complexity index is 546. The highest BCUT2D eigenvalue weighted by Gasteiger charge is 2.14. The van der Waals surface area contributed by atoms with Crippen molar-refractivity contribution in [3.8, 4) is 5.69 Å². The van der Waals surface area contributed by atoms with Gasteiger partial charge >= 0.3 is 0 Å². The van der Waals surface area contributed by atoms with Crippen LogP contribution in [0.3, 0.4) is 0 Å². The van der Waals surface area contributed by atoms with E-state index in [1.54, 1.807) is 4.68 Å². The monoisotopic (exact) mass is 243 g/mol. The molecule has 18 heavy (non-hydrogen) atoms. The Labute approximate surface area is 107 Å². The summed E-state index contributed by atoms with van der Waals surface area (Å²) in [6.45, 7) is 4.19. The van der Waals surface area contributed by atoms with Crippen LogP contribution in [0.2, 0.25) is 0 Å². The molecule has 1 aromatic heterocycles. The van der Waals surface area contributed by atoms with E-state index in [0.29, 0.717) is 5.69 Å². The highest BCUT2D eigenvalue weighted by molar-refractivity contribution is 5.73. The van der Waals surface area contributed by atoms with Crippen molar-refractivity contribution in [1.82, 2.24) is 15.0 Å². The number of aromatic nitrogens is 3. The Kier molecular flexibility index (Phi) is 3.87. The summed E-state index contributed by atoms with van der Waals surface area (Å²) >= 11 is 0. The summed E-state index contributed by atoms with van der Waals surface area (Å²) in [5.41, 5.74) is 3.57. The summed E-state index contributed by atoms with van der Waals surface area (Å²) in [4.78, 5) is 11.0. The molecule has 0 unspecified atom stereocenters. The third-order valence-electron chi connectivity index (χ3n) is 2.99. The molecule has 0 aliphatic heterocycles. The zero-order chi connectivity index (χ0) is 13.0.